The second-order valence-corrected chi connectivity index (χ2v) is 3.87. The molecule has 1 heterocycles. The van der Waals surface area contributed by atoms with Crippen LogP contribution in [0, 0.1) is 0 Å². The summed E-state index contributed by atoms with van der Waals surface area (Å²) < 4.78 is 0. The molecule has 0 aromatic heterocycles. The van der Waals surface area contributed by atoms with E-state index in [1.54, 1.807) is 0 Å². The first-order chi connectivity index (χ1) is 8.49. The van der Waals surface area contributed by atoms with E-state index in [0.717, 1.165) is 6.42 Å². The lowest BCUT2D eigenvalue weighted by molar-refractivity contribution is -0.138. The van der Waals surface area contributed by atoms with Crippen LogP contribution in [0.3, 0.4) is 0 Å². The maximum absolute atomic E-state index is 11.4. The van der Waals surface area contributed by atoms with Crippen molar-refractivity contribution in [3.05, 3.63) is 0 Å². The van der Waals surface area contributed by atoms with Crippen molar-refractivity contribution in [1.29, 1.82) is 0 Å². The third-order valence-corrected chi connectivity index (χ3v) is 2.39. The predicted molar refractivity (Wildman–Crippen MR) is 59.5 cm³/mol. The zero-order valence-corrected chi connectivity index (χ0v) is 9.77. The molecule has 0 spiro atoms. The number of likely N-dealkylation sites (tertiary alicyclic amines) is 1. The maximum atomic E-state index is 11.4. The molecule has 0 saturated carbocycles. The lowest BCUT2D eigenvalue weighted by atomic mass is 10.4. The highest BCUT2D eigenvalue weighted by Crippen LogP contribution is 2.08. The number of carboxylic acid groups (broad SMARTS) is 1. The number of nitrogens with zero attached hydrogens (tertiary/aromatic N) is 1. The molecule has 0 atom stereocenters. The average molecular weight is 257 g/mol. The number of hydrogen-bond acceptors (Lipinski definition) is 4. The van der Waals surface area contributed by atoms with Crippen molar-refractivity contribution < 1.29 is 24.3 Å². The van der Waals surface area contributed by atoms with Crippen LogP contribution in [0.2, 0.25) is 0 Å². The van der Waals surface area contributed by atoms with Gasteiger partial charge in [0, 0.05) is 13.0 Å². The number of carbonyl (C=O) groups is 4. The number of nitrogens with one attached hydrogen (secondary N) is 2. The summed E-state index contributed by atoms with van der Waals surface area (Å²) in [6, 6.07) is 0. The zero-order valence-electron chi connectivity index (χ0n) is 9.77. The molecular formula is C10H15N3O5. The Bertz CT molecular complexity index is 369. The van der Waals surface area contributed by atoms with E-state index in [0.29, 0.717) is 13.0 Å². The van der Waals surface area contributed by atoms with E-state index in [2.05, 4.69) is 10.6 Å². The van der Waals surface area contributed by atoms with Crippen LogP contribution >= 0.6 is 0 Å². The minimum atomic E-state index is -1.16. The van der Waals surface area contributed by atoms with Crippen LogP contribution < -0.4 is 10.6 Å². The Hall–Kier alpha value is -2.12. The fourth-order valence-electron chi connectivity index (χ4n) is 1.52. The number of amides is 3. The van der Waals surface area contributed by atoms with Gasteiger partial charge in [0.1, 0.15) is 6.54 Å². The largest absolute Gasteiger partial charge is 0.480 e. The Morgan fingerprint density at radius 1 is 1.17 bits per heavy atom. The van der Waals surface area contributed by atoms with E-state index >= 15 is 0 Å². The summed E-state index contributed by atoms with van der Waals surface area (Å²) in [5.41, 5.74) is 0. The molecule has 1 fully saturated rings. The summed E-state index contributed by atoms with van der Waals surface area (Å²) in [5.74, 6) is -2.24. The van der Waals surface area contributed by atoms with Gasteiger partial charge in [0.25, 0.3) is 0 Å². The minimum absolute atomic E-state index is 0.0644. The van der Waals surface area contributed by atoms with Crippen molar-refractivity contribution in [1.82, 2.24) is 15.5 Å². The van der Waals surface area contributed by atoms with Gasteiger partial charge in [-0.25, -0.2) is 0 Å². The molecule has 0 aromatic carbocycles. The first-order valence-electron chi connectivity index (χ1n) is 5.52. The van der Waals surface area contributed by atoms with Crippen LogP contribution in [0.5, 0.6) is 0 Å². The van der Waals surface area contributed by atoms with E-state index in [4.69, 9.17) is 5.11 Å². The second-order valence-electron chi connectivity index (χ2n) is 3.87. The average Bonchev–Trinajstić information content (AvgIpc) is 2.69. The topological polar surface area (TPSA) is 116 Å². The van der Waals surface area contributed by atoms with Crippen LogP contribution in [-0.4, -0.2) is 59.9 Å². The van der Waals surface area contributed by atoms with Crippen molar-refractivity contribution in [2.45, 2.75) is 12.8 Å². The molecule has 18 heavy (non-hydrogen) atoms. The van der Waals surface area contributed by atoms with Gasteiger partial charge in [0.2, 0.25) is 17.7 Å². The Morgan fingerprint density at radius 2 is 1.83 bits per heavy atom. The van der Waals surface area contributed by atoms with E-state index < -0.39 is 24.3 Å². The van der Waals surface area contributed by atoms with Gasteiger partial charge in [-0.15, -0.1) is 0 Å². The number of carboxylic acids is 1. The van der Waals surface area contributed by atoms with E-state index in [9.17, 15) is 19.2 Å². The molecule has 8 nitrogen and oxygen atoms in total. The summed E-state index contributed by atoms with van der Waals surface area (Å²) in [6.07, 6.45) is 1.19. The van der Waals surface area contributed by atoms with Gasteiger partial charge in [-0.3, -0.25) is 19.2 Å². The quantitative estimate of drug-likeness (QED) is 0.505. The molecule has 0 aromatic rings. The standard InChI is InChI=1S/C10H15N3O5/c14-7(12-5-10(17)18)4-11-8(15)6-13-3-1-2-9(13)16/h1-6H2,(H,11,15)(H,12,14)(H,17,18). The van der Waals surface area contributed by atoms with Gasteiger partial charge in [0.05, 0.1) is 13.1 Å². The highest BCUT2D eigenvalue weighted by molar-refractivity contribution is 5.89. The fourth-order valence-corrected chi connectivity index (χ4v) is 1.52. The zero-order chi connectivity index (χ0) is 13.5. The summed E-state index contributed by atoms with van der Waals surface area (Å²) in [4.78, 5) is 45.3. The molecule has 1 saturated heterocycles. The Labute approximate surface area is 103 Å². The van der Waals surface area contributed by atoms with E-state index in [1.807, 2.05) is 0 Å². The Balaban J connectivity index is 2.18. The summed E-state index contributed by atoms with van der Waals surface area (Å²) >= 11 is 0. The highest BCUT2D eigenvalue weighted by atomic mass is 16.4. The van der Waals surface area contributed by atoms with E-state index in [-0.39, 0.29) is 19.0 Å². The van der Waals surface area contributed by atoms with Gasteiger partial charge in [0.15, 0.2) is 0 Å². The molecule has 0 bridgehead atoms. The highest BCUT2D eigenvalue weighted by Gasteiger charge is 2.22. The van der Waals surface area contributed by atoms with Crippen molar-refractivity contribution in [3.8, 4) is 0 Å². The van der Waals surface area contributed by atoms with Crippen LogP contribution in [0.25, 0.3) is 0 Å². The summed E-state index contributed by atoms with van der Waals surface area (Å²) in [5, 5.41) is 12.7. The fraction of sp³-hybridized carbons (Fsp3) is 0.600. The Kier molecular flexibility index (Phi) is 5.09. The van der Waals surface area contributed by atoms with Crippen LogP contribution in [0.1, 0.15) is 12.8 Å². The molecule has 0 aliphatic carbocycles. The second kappa shape index (κ2) is 6.58. The smallest absolute Gasteiger partial charge is 0.322 e. The van der Waals surface area contributed by atoms with Gasteiger partial charge >= 0.3 is 5.97 Å². The lowest BCUT2D eigenvalue weighted by Crippen LogP contribution is -2.43. The van der Waals surface area contributed by atoms with E-state index in [1.165, 1.54) is 4.90 Å². The molecular weight excluding hydrogens is 242 g/mol. The van der Waals surface area contributed by atoms with Crippen LogP contribution in [0.4, 0.5) is 0 Å². The molecule has 8 heteroatoms. The summed E-state index contributed by atoms with van der Waals surface area (Å²) in [6.45, 7) is -0.296. The maximum Gasteiger partial charge on any atom is 0.322 e. The third kappa shape index (κ3) is 4.81. The molecule has 0 radical (unpaired) electrons. The molecule has 100 valence electrons. The molecule has 3 N–H and O–H groups in total. The molecule has 1 rings (SSSR count). The van der Waals surface area contributed by atoms with Crippen LogP contribution in [0.15, 0.2) is 0 Å². The van der Waals surface area contributed by atoms with Crippen molar-refractivity contribution in [3.63, 3.8) is 0 Å². The normalized spacial score (nSPS) is 14.4. The molecule has 1 aliphatic heterocycles. The van der Waals surface area contributed by atoms with Gasteiger partial charge in [-0.1, -0.05) is 0 Å². The Morgan fingerprint density at radius 3 is 2.39 bits per heavy atom. The predicted octanol–water partition coefficient (Wildman–Crippen LogP) is -2.07. The van der Waals surface area contributed by atoms with Crippen LogP contribution in [-0.2, 0) is 19.2 Å². The third-order valence-electron chi connectivity index (χ3n) is 2.39. The van der Waals surface area contributed by atoms with Gasteiger partial charge in [-0.05, 0) is 6.42 Å². The lowest BCUT2D eigenvalue weighted by Gasteiger charge is -2.14. The number of rotatable bonds is 6. The van der Waals surface area contributed by atoms with Crippen molar-refractivity contribution in [2.24, 2.45) is 0 Å². The van der Waals surface area contributed by atoms with Gasteiger partial charge < -0.3 is 20.6 Å². The monoisotopic (exact) mass is 257 g/mol. The summed E-state index contributed by atoms with van der Waals surface area (Å²) in [7, 11) is 0. The first-order valence-corrected chi connectivity index (χ1v) is 5.52. The van der Waals surface area contributed by atoms with Gasteiger partial charge in [-0.2, -0.15) is 0 Å². The molecule has 0 unspecified atom stereocenters. The van der Waals surface area contributed by atoms with Crippen molar-refractivity contribution in [2.75, 3.05) is 26.2 Å². The molecule has 1 aliphatic rings. The first kappa shape index (κ1) is 13.9. The number of hydrogen-bond donors (Lipinski definition) is 3. The number of aliphatic carboxylic acids is 1. The SMILES string of the molecule is O=C(O)CNC(=O)CNC(=O)CN1CCCC1=O. The van der Waals surface area contributed by atoms with Crippen molar-refractivity contribution >= 4 is 23.7 Å². The minimum Gasteiger partial charge on any atom is -0.480 e. The molecule has 3 amide bonds. The number of carbonyl (C=O) groups excluding carboxylic acids is 3.